The molecule has 2 aromatic carbocycles. The van der Waals surface area contributed by atoms with Gasteiger partial charge in [0, 0.05) is 22.4 Å². The molecule has 0 saturated heterocycles. The molecule has 3 aromatic heterocycles. The third kappa shape index (κ3) is 4.34. The number of nitrogens with one attached hydrogen (secondary N) is 1. The number of para-hydroxylation sites is 1. The van der Waals surface area contributed by atoms with Crippen LogP contribution < -0.4 is 5.32 Å². The lowest BCUT2D eigenvalue weighted by atomic mass is 10.1. The van der Waals surface area contributed by atoms with Crippen LogP contribution in [-0.2, 0) is 11.3 Å². The molecule has 0 bridgehead atoms. The first-order chi connectivity index (χ1) is 16.1. The summed E-state index contributed by atoms with van der Waals surface area (Å²) < 4.78 is 2.17. The van der Waals surface area contributed by atoms with Crippen LogP contribution in [0, 0.1) is 6.92 Å². The first kappa shape index (κ1) is 21.5. The molecule has 1 N–H and O–H groups in total. The molecule has 0 aliphatic carbocycles. The van der Waals surface area contributed by atoms with Crippen molar-refractivity contribution in [3.8, 4) is 11.3 Å². The quantitative estimate of drug-likeness (QED) is 0.311. The van der Waals surface area contributed by atoms with Crippen molar-refractivity contribution in [3.05, 3.63) is 59.5 Å². The average Bonchev–Trinajstić information content (AvgIpc) is 3.36. The lowest BCUT2D eigenvalue weighted by molar-refractivity contribution is -0.113. The van der Waals surface area contributed by atoms with E-state index in [1.165, 1.54) is 23.1 Å². The van der Waals surface area contributed by atoms with Crippen molar-refractivity contribution in [2.24, 2.45) is 0 Å². The van der Waals surface area contributed by atoms with Crippen LogP contribution in [0.3, 0.4) is 0 Å². The molecule has 7 nitrogen and oxygen atoms in total. The number of aryl methyl sites for hydroxylation is 2. The molecular formula is C24H22N6OS2. The van der Waals surface area contributed by atoms with Crippen molar-refractivity contribution < 1.29 is 4.79 Å². The first-order valence-electron chi connectivity index (χ1n) is 10.7. The smallest absolute Gasteiger partial charge is 0.236 e. The zero-order valence-electron chi connectivity index (χ0n) is 18.3. The van der Waals surface area contributed by atoms with Gasteiger partial charge >= 0.3 is 0 Å². The Hall–Kier alpha value is -3.30. The van der Waals surface area contributed by atoms with Crippen molar-refractivity contribution in [3.63, 3.8) is 0 Å². The number of hydrogen-bond acceptors (Lipinski definition) is 7. The normalized spacial score (nSPS) is 11.3. The Morgan fingerprint density at radius 3 is 2.67 bits per heavy atom. The van der Waals surface area contributed by atoms with Crippen LogP contribution in [0.25, 0.3) is 33.3 Å². The van der Waals surface area contributed by atoms with Gasteiger partial charge in [0.15, 0.2) is 10.8 Å². The number of carbonyl (C=O) groups excluding carboxylic acids is 1. The summed E-state index contributed by atoms with van der Waals surface area (Å²) in [6, 6.07) is 18.1. The number of fused-ring (bicyclic) bond motifs is 3. The highest BCUT2D eigenvalue weighted by Crippen LogP contribution is 2.31. The highest BCUT2D eigenvalue weighted by molar-refractivity contribution is 7.99. The zero-order chi connectivity index (χ0) is 22.8. The van der Waals surface area contributed by atoms with Crippen molar-refractivity contribution in [2.75, 3.05) is 11.1 Å². The van der Waals surface area contributed by atoms with E-state index in [4.69, 9.17) is 4.98 Å². The summed E-state index contributed by atoms with van der Waals surface area (Å²) in [7, 11) is 0. The molecule has 1 amide bonds. The molecule has 0 saturated carbocycles. The molecule has 33 heavy (non-hydrogen) atoms. The van der Waals surface area contributed by atoms with E-state index < -0.39 is 0 Å². The lowest BCUT2D eigenvalue weighted by Crippen LogP contribution is -2.14. The number of hydrogen-bond donors (Lipinski definition) is 1. The monoisotopic (exact) mass is 474 g/mol. The SMILES string of the molecule is CCCn1c2ccccc2c2nnc(SCC(=O)Nc3nc(-c4ccccc4)c(C)s3)nc21. The molecule has 5 aromatic rings. The van der Waals surface area contributed by atoms with E-state index >= 15 is 0 Å². The Morgan fingerprint density at radius 2 is 1.85 bits per heavy atom. The maximum Gasteiger partial charge on any atom is 0.236 e. The minimum Gasteiger partial charge on any atom is -0.324 e. The van der Waals surface area contributed by atoms with E-state index in [0.717, 1.165) is 51.2 Å². The van der Waals surface area contributed by atoms with Crippen LogP contribution in [0.1, 0.15) is 18.2 Å². The number of nitrogens with zero attached hydrogens (tertiary/aromatic N) is 5. The van der Waals surface area contributed by atoms with E-state index in [2.05, 4.69) is 38.1 Å². The summed E-state index contributed by atoms with van der Waals surface area (Å²) in [5.74, 6) is 0.0340. The van der Waals surface area contributed by atoms with Gasteiger partial charge in [0.1, 0.15) is 5.52 Å². The largest absolute Gasteiger partial charge is 0.324 e. The van der Waals surface area contributed by atoms with Crippen molar-refractivity contribution in [1.82, 2.24) is 24.7 Å². The fourth-order valence-corrected chi connectivity index (χ4v) is 5.23. The standard InChI is InChI=1S/C24H22N6OS2/c1-3-13-30-18-12-8-7-11-17(18)21-22(30)27-24(29-28-21)32-14-19(31)25-23-26-20(15(2)33-23)16-9-5-4-6-10-16/h4-12H,3,13-14H2,1-2H3,(H,25,26,31). The number of aromatic nitrogens is 5. The maximum absolute atomic E-state index is 12.6. The molecule has 0 aliphatic heterocycles. The predicted molar refractivity (Wildman–Crippen MR) is 135 cm³/mol. The number of thiazole rings is 1. The lowest BCUT2D eigenvalue weighted by Gasteiger charge is -2.05. The molecule has 5 rings (SSSR count). The summed E-state index contributed by atoms with van der Waals surface area (Å²) in [5.41, 5.74) is 4.63. The third-order valence-corrected chi connectivity index (χ3v) is 6.95. The molecule has 3 heterocycles. The van der Waals surface area contributed by atoms with Gasteiger partial charge in [-0.25, -0.2) is 9.97 Å². The van der Waals surface area contributed by atoms with Crippen molar-refractivity contribution in [2.45, 2.75) is 32.0 Å². The highest BCUT2D eigenvalue weighted by atomic mass is 32.2. The van der Waals surface area contributed by atoms with E-state index in [-0.39, 0.29) is 11.7 Å². The Labute approximate surface area is 199 Å². The fourth-order valence-electron chi connectivity index (χ4n) is 3.80. The molecule has 166 valence electrons. The third-order valence-electron chi connectivity index (χ3n) is 5.22. The fraction of sp³-hybridized carbons (Fsp3) is 0.208. The van der Waals surface area contributed by atoms with Gasteiger partial charge in [-0.3, -0.25) is 4.79 Å². The molecule has 0 atom stereocenters. The topological polar surface area (TPSA) is 85.6 Å². The van der Waals surface area contributed by atoms with E-state index in [1.54, 1.807) is 0 Å². The second kappa shape index (κ2) is 9.29. The van der Waals surface area contributed by atoms with E-state index in [9.17, 15) is 4.79 Å². The van der Waals surface area contributed by atoms with E-state index in [0.29, 0.717) is 10.3 Å². The highest BCUT2D eigenvalue weighted by Gasteiger charge is 2.16. The minimum absolute atomic E-state index is 0.147. The summed E-state index contributed by atoms with van der Waals surface area (Å²) in [5, 5.41) is 13.7. The Kier molecular flexibility index (Phi) is 6.06. The van der Waals surface area contributed by atoms with Crippen molar-refractivity contribution in [1.29, 1.82) is 0 Å². The molecule has 0 radical (unpaired) electrons. The van der Waals surface area contributed by atoms with Gasteiger partial charge in [0.25, 0.3) is 0 Å². The van der Waals surface area contributed by atoms with Crippen LogP contribution >= 0.6 is 23.1 Å². The minimum atomic E-state index is -0.147. The Balaban J connectivity index is 1.31. The molecule has 0 spiro atoms. The van der Waals surface area contributed by atoms with Crippen LogP contribution in [0.2, 0.25) is 0 Å². The molecular weight excluding hydrogens is 452 g/mol. The Morgan fingerprint density at radius 1 is 1.06 bits per heavy atom. The Bertz CT molecular complexity index is 1440. The molecule has 0 unspecified atom stereocenters. The average molecular weight is 475 g/mol. The molecule has 9 heteroatoms. The van der Waals surface area contributed by atoms with Gasteiger partial charge in [0.2, 0.25) is 11.1 Å². The first-order valence-corrected chi connectivity index (χ1v) is 12.5. The second-order valence-electron chi connectivity index (χ2n) is 7.56. The van der Waals surface area contributed by atoms with E-state index in [1.807, 2.05) is 55.5 Å². The van der Waals surface area contributed by atoms with Crippen LogP contribution in [0.5, 0.6) is 0 Å². The van der Waals surface area contributed by atoms with Crippen LogP contribution in [0.15, 0.2) is 59.8 Å². The zero-order valence-corrected chi connectivity index (χ0v) is 19.9. The van der Waals surface area contributed by atoms with Gasteiger partial charge < -0.3 is 9.88 Å². The van der Waals surface area contributed by atoms with Gasteiger partial charge in [-0.05, 0) is 19.4 Å². The van der Waals surface area contributed by atoms with Gasteiger partial charge in [-0.15, -0.1) is 21.5 Å². The number of carbonyl (C=O) groups is 1. The number of benzene rings is 2. The van der Waals surface area contributed by atoms with Crippen molar-refractivity contribution >= 4 is 56.2 Å². The van der Waals surface area contributed by atoms with Crippen LogP contribution in [-0.4, -0.2) is 36.4 Å². The van der Waals surface area contributed by atoms with Gasteiger partial charge in [-0.1, -0.05) is 67.2 Å². The summed E-state index contributed by atoms with van der Waals surface area (Å²) in [6.07, 6.45) is 0.987. The molecule has 0 aliphatic rings. The number of rotatable bonds is 7. The second-order valence-corrected chi connectivity index (χ2v) is 9.71. The summed E-state index contributed by atoms with van der Waals surface area (Å²) >= 11 is 2.75. The number of anilines is 1. The number of amides is 1. The maximum atomic E-state index is 12.6. The predicted octanol–water partition coefficient (Wildman–Crippen LogP) is 5.55. The summed E-state index contributed by atoms with van der Waals surface area (Å²) in [6.45, 7) is 4.99. The van der Waals surface area contributed by atoms with Gasteiger partial charge in [0.05, 0.1) is 17.0 Å². The molecule has 0 fully saturated rings. The van der Waals surface area contributed by atoms with Crippen LogP contribution in [0.4, 0.5) is 5.13 Å². The number of thioether (sulfide) groups is 1. The summed E-state index contributed by atoms with van der Waals surface area (Å²) in [4.78, 5) is 23.0. The van der Waals surface area contributed by atoms with Gasteiger partial charge in [-0.2, -0.15) is 0 Å².